The molecule has 0 aliphatic carbocycles. The van der Waals surface area contributed by atoms with Crippen LogP contribution in [0.15, 0.2) is 65.6 Å². The van der Waals surface area contributed by atoms with Gasteiger partial charge < -0.3 is 24.5 Å². The van der Waals surface area contributed by atoms with E-state index in [0.717, 1.165) is 33.5 Å². The smallest absolute Gasteiger partial charge is 0.203 e. The highest BCUT2D eigenvalue weighted by molar-refractivity contribution is 7.90. The molecule has 4 aromatic rings. The first-order chi connectivity index (χ1) is 15.3. The summed E-state index contributed by atoms with van der Waals surface area (Å²) in [6.07, 6.45) is 1.21. The molecule has 1 aromatic heterocycles. The summed E-state index contributed by atoms with van der Waals surface area (Å²) in [4.78, 5) is 3.69. The molecule has 4 rings (SSSR count). The van der Waals surface area contributed by atoms with E-state index in [4.69, 9.17) is 14.2 Å². The van der Waals surface area contributed by atoms with Gasteiger partial charge in [-0.15, -0.1) is 0 Å². The van der Waals surface area contributed by atoms with Crippen LogP contribution in [0.5, 0.6) is 17.2 Å². The number of aromatic amines is 1. The quantitative estimate of drug-likeness (QED) is 0.410. The molecule has 166 valence electrons. The van der Waals surface area contributed by atoms with Gasteiger partial charge in [0.15, 0.2) is 21.3 Å². The van der Waals surface area contributed by atoms with E-state index >= 15 is 0 Å². The van der Waals surface area contributed by atoms with Crippen molar-refractivity contribution in [2.45, 2.75) is 4.90 Å². The van der Waals surface area contributed by atoms with E-state index in [1.54, 1.807) is 39.5 Å². The third-order valence-electron chi connectivity index (χ3n) is 5.17. The minimum atomic E-state index is -3.30. The van der Waals surface area contributed by atoms with Crippen LogP contribution in [0.1, 0.15) is 0 Å². The first-order valence-corrected chi connectivity index (χ1v) is 11.7. The third kappa shape index (κ3) is 4.09. The molecule has 0 fully saturated rings. The van der Waals surface area contributed by atoms with Crippen molar-refractivity contribution < 1.29 is 22.6 Å². The van der Waals surface area contributed by atoms with Crippen LogP contribution in [0.25, 0.3) is 22.0 Å². The summed E-state index contributed by atoms with van der Waals surface area (Å²) in [6, 6.07) is 18.5. The number of benzene rings is 3. The largest absolute Gasteiger partial charge is 0.493 e. The monoisotopic (exact) mass is 452 g/mol. The minimum Gasteiger partial charge on any atom is -0.493 e. The molecular formula is C24H24N2O5S. The predicted octanol–water partition coefficient (Wildman–Crippen LogP) is 5.01. The van der Waals surface area contributed by atoms with Gasteiger partial charge in [-0.05, 0) is 23.8 Å². The van der Waals surface area contributed by atoms with Crippen LogP contribution in [-0.2, 0) is 9.84 Å². The van der Waals surface area contributed by atoms with Crippen LogP contribution in [0.2, 0.25) is 0 Å². The van der Waals surface area contributed by atoms with Crippen molar-refractivity contribution in [1.29, 1.82) is 0 Å². The molecule has 0 bridgehead atoms. The Hall–Kier alpha value is -3.65. The van der Waals surface area contributed by atoms with Crippen molar-refractivity contribution in [1.82, 2.24) is 4.98 Å². The minimum absolute atomic E-state index is 0.286. The van der Waals surface area contributed by atoms with Crippen molar-refractivity contribution in [3.63, 3.8) is 0 Å². The molecule has 0 saturated heterocycles. The van der Waals surface area contributed by atoms with E-state index in [2.05, 4.69) is 10.3 Å². The standard InChI is InChI=1S/C24H24N2O5S/c1-29-20-13-17(14-21(30-2)24(20)31-3)25-22-12-16-8-6-10-19(23(16)26-22)15-7-5-9-18(11-15)32(4,27)28/h5-14,25-26H,1-4H3. The fourth-order valence-corrected chi connectivity index (χ4v) is 4.33. The van der Waals surface area contributed by atoms with Crippen LogP contribution in [0, 0.1) is 0 Å². The molecule has 0 unspecified atom stereocenters. The number of hydrogen-bond donors (Lipinski definition) is 2. The Bertz CT molecular complexity index is 1370. The van der Waals surface area contributed by atoms with Crippen LogP contribution in [0.4, 0.5) is 11.5 Å². The van der Waals surface area contributed by atoms with Gasteiger partial charge in [-0.2, -0.15) is 0 Å². The number of nitrogens with one attached hydrogen (secondary N) is 2. The van der Waals surface area contributed by atoms with Crippen molar-refractivity contribution in [2.24, 2.45) is 0 Å². The second-order valence-electron chi connectivity index (χ2n) is 7.29. The Morgan fingerprint density at radius 1 is 0.844 bits per heavy atom. The Balaban J connectivity index is 1.75. The van der Waals surface area contributed by atoms with Crippen molar-refractivity contribution in [3.8, 4) is 28.4 Å². The number of sulfone groups is 1. The zero-order valence-corrected chi connectivity index (χ0v) is 19.0. The van der Waals surface area contributed by atoms with E-state index in [9.17, 15) is 8.42 Å². The number of ether oxygens (including phenoxy) is 3. The van der Waals surface area contributed by atoms with E-state index in [1.165, 1.54) is 6.26 Å². The maximum Gasteiger partial charge on any atom is 0.203 e. The maximum absolute atomic E-state index is 12.0. The van der Waals surface area contributed by atoms with Gasteiger partial charge in [0.25, 0.3) is 0 Å². The molecule has 0 aliphatic heterocycles. The summed E-state index contributed by atoms with van der Waals surface area (Å²) in [7, 11) is 1.40. The number of aromatic nitrogens is 1. The lowest BCUT2D eigenvalue weighted by molar-refractivity contribution is 0.324. The molecule has 8 heteroatoms. The van der Waals surface area contributed by atoms with Gasteiger partial charge in [0.1, 0.15) is 5.82 Å². The number of anilines is 2. The fourth-order valence-electron chi connectivity index (χ4n) is 3.67. The highest BCUT2D eigenvalue weighted by atomic mass is 32.2. The summed E-state index contributed by atoms with van der Waals surface area (Å²) in [5, 5.41) is 4.33. The van der Waals surface area contributed by atoms with Crippen molar-refractivity contribution in [3.05, 3.63) is 60.7 Å². The van der Waals surface area contributed by atoms with Gasteiger partial charge in [-0.25, -0.2) is 8.42 Å². The average molecular weight is 453 g/mol. The highest BCUT2D eigenvalue weighted by Crippen LogP contribution is 2.41. The number of H-pyrrole nitrogens is 1. The van der Waals surface area contributed by atoms with Crippen molar-refractivity contribution in [2.75, 3.05) is 32.9 Å². The maximum atomic E-state index is 12.0. The topological polar surface area (TPSA) is 89.7 Å². The molecular weight excluding hydrogens is 428 g/mol. The lowest BCUT2D eigenvalue weighted by Gasteiger charge is -2.14. The van der Waals surface area contributed by atoms with E-state index in [1.807, 2.05) is 42.5 Å². The Labute approximate surface area is 186 Å². The molecule has 1 heterocycles. The van der Waals surface area contributed by atoms with E-state index in [-0.39, 0.29) is 4.90 Å². The third-order valence-corrected chi connectivity index (χ3v) is 6.28. The van der Waals surface area contributed by atoms with Gasteiger partial charge in [-0.3, -0.25) is 0 Å². The summed E-state index contributed by atoms with van der Waals surface area (Å²) >= 11 is 0. The molecule has 2 N–H and O–H groups in total. The normalized spacial score (nSPS) is 11.4. The molecule has 32 heavy (non-hydrogen) atoms. The fraction of sp³-hybridized carbons (Fsp3) is 0.167. The van der Waals surface area contributed by atoms with Gasteiger partial charge in [0, 0.05) is 35.0 Å². The summed E-state index contributed by atoms with van der Waals surface area (Å²) in [5.74, 6) is 2.37. The number of para-hydroxylation sites is 1. The van der Waals surface area contributed by atoms with Crippen LogP contribution < -0.4 is 19.5 Å². The van der Waals surface area contributed by atoms with Crippen LogP contribution >= 0.6 is 0 Å². The Morgan fingerprint density at radius 3 is 2.16 bits per heavy atom. The number of hydrogen-bond acceptors (Lipinski definition) is 6. The number of methoxy groups -OCH3 is 3. The first-order valence-electron chi connectivity index (χ1n) is 9.83. The molecule has 3 aromatic carbocycles. The van der Waals surface area contributed by atoms with Crippen LogP contribution in [-0.4, -0.2) is 41.0 Å². The Morgan fingerprint density at radius 2 is 1.53 bits per heavy atom. The second kappa shape index (κ2) is 8.47. The van der Waals surface area contributed by atoms with Crippen LogP contribution in [0.3, 0.4) is 0 Å². The molecule has 0 amide bonds. The molecule has 7 nitrogen and oxygen atoms in total. The summed E-state index contributed by atoms with van der Waals surface area (Å²) < 4.78 is 40.2. The van der Waals surface area contributed by atoms with Gasteiger partial charge in [0.2, 0.25) is 5.75 Å². The van der Waals surface area contributed by atoms with E-state index < -0.39 is 9.84 Å². The highest BCUT2D eigenvalue weighted by Gasteiger charge is 2.15. The summed E-state index contributed by atoms with van der Waals surface area (Å²) in [6.45, 7) is 0. The molecule has 0 atom stereocenters. The van der Waals surface area contributed by atoms with Gasteiger partial charge in [-0.1, -0.05) is 30.3 Å². The molecule has 0 aliphatic rings. The zero-order valence-electron chi connectivity index (χ0n) is 18.2. The zero-order chi connectivity index (χ0) is 22.9. The first kappa shape index (κ1) is 21.6. The van der Waals surface area contributed by atoms with Gasteiger partial charge in [0.05, 0.1) is 31.7 Å². The number of rotatable bonds is 7. The van der Waals surface area contributed by atoms with Gasteiger partial charge >= 0.3 is 0 Å². The molecule has 0 saturated carbocycles. The second-order valence-corrected chi connectivity index (χ2v) is 9.31. The van der Waals surface area contributed by atoms with E-state index in [0.29, 0.717) is 17.2 Å². The Kier molecular flexibility index (Phi) is 5.71. The molecule has 0 spiro atoms. The molecule has 0 radical (unpaired) electrons. The van der Waals surface area contributed by atoms with Crippen molar-refractivity contribution >= 4 is 32.2 Å². The number of fused-ring (bicyclic) bond motifs is 1. The average Bonchev–Trinajstić information content (AvgIpc) is 3.20. The lowest BCUT2D eigenvalue weighted by atomic mass is 10.0. The SMILES string of the molecule is COc1cc(Nc2cc3cccc(-c4cccc(S(C)(=O)=O)c4)c3[nH]2)cc(OC)c1OC. The summed E-state index contributed by atoms with van der Waals surface area (Å²) in [5.41, 5.74) is 3.38. The lowest BCUT2D eigenvalue weighted by Crippen LogP contribution is -1.98. The predicted molar refractivity (Wildman–Crippen MR) is 126 cm³/mol.